The Hall–Kier alpha value is -2.60. The molecule has 0 aliphatic carbocycles. The van der Waals surface area contributed by atoms with Crippen LogP contribution in [-0.4, -0.2) is 47.0 Å². The number of allylic oxidation sites excluding steroid dienone is 1. The normalized spacial score (nSPS) is 20.7. The Morgan fingerprint density at radius 1 is 1.38 bits per heavy atom. The zero-order valence-electron chi connectivity index (χ0n) is 19.4. The number of likely N-dealkylation sites (tertiary alicyclic amines) is 1. The second-order valence-corrected chi connectivity index (χ2v) is 9.57. The summed E-state index contributed by atoms with van der Waals surface area (Å²) in [5.74, 6) is 0.800. The third-order valence-corrected chi connectivity index (χ3v) is 6.64. The molecule has 1 fully saturated rings. The third kappa shape index (κ3) is 4.75. The fourth-order valence-electron chi connectivity index (χ4n) is 5.20. The first-order valence-electron chi connectivity index (χ1n) is 12.0. The van der Waals surface area contributed by atoms with Crippen molar-refractivity contribution in [3.63, 3.8) is 0 Å². The van der Waals surface area contributed by atoms with E-state index in [4.69, 9.17) is 0 Å². The quantitative estimate of drug-likeness (QED) is 0.467. The van der Waals surface area contributed by atoms with Gasteiger partial charge in [0.25, 0.3) is 0 Å². The average Bonchev–Trinajstić information content (AvgIpc) is 3.28. The SMILES string of the molecule is C=CCn1cc2c3c(cccc31)[C@H](CC(C)C)N[C@H](C(=O)NCCCN1CCCC1=O)C2. The number of hydrogen-bond donors (Lipinski definition) is 2. The van der Waals surface area contributed by atoms with Gasteiger partial charge < -0.3 is 14.8 Å². The van der Waals surface area contributed by atoms with Crippen LogP contribution in [0.1, 0.15) is 56.7 Å². The molecule has 1 aromatic heterocycles. The van der Waals surface area contributed by atoms with Gasteiger partial charge in [0.1, 0.15) is 0 Å². The Balaban J connectivity index is 1.50. The Labute approximate surface area is 191 Å². The molecule has 0 spiro atoms. The van der Waals surface area contributed by atoms with Crippen molar-refractivity contribution in [3.05, 3.63) is 48.2 Å². The number of benzene rings is 1. The highest BCUT2D eigenvalue weighted by Gasteiger charge is 2.30. The van der Waals surface area contributed by atoms with E-state index in [1.165, 1.54) is 22.0 Å². The molecule has 0 bridgehead atoms. The summed E-state index contributed by atoms with van der Waals surface area (Å²) in [5.41, 5.74) is 3.72. The summed E-state index contributed by atoms with van der Waals surface area (Å²) in [6.07, 6.45) is 8.16. The first kappa shape index (κ1) is 22.6. The molecule has 0 radical (unpaired) electrons. The van der Waals surface area contributed by atoms with Crippen LogP contribution >= 0.6 is 0 Å². The van der Waals surface area contributed by atoms with Crippen molar-refractivity contribution in [1.29, 1.82) is 0 Å². The highest BCUT2D eigenvalue weighted by atomic mass is 16.2. The first-order chi connectivity index (χ1) is 15.5. The summed E-state index contributed by atoms with van der Waals surface area (Å²) < 4.78 is 2.24. The summed E-state index contributed by atoms with van der Waals surface area (Å²) in [6, 6.07) is 6.35. The summed E-state index contributed by atoms with van der Waals surface area (Å²) >= 11 is 0. The third-order valence-electron chi connectivity index (χ3n) is 6.64. The molecule has 4 rings (SSSR count). The van der Waals surface area contributed by atoms with Crippen LogP contribution in [0.25, 0.3) is 10.9 Å². The topological polar surface area (TPSA) is 66.4 Å². The van der Waals surface area contributed by atoms with Crippen molar-refractivity contribution in [1.82, 2.24) is 20.1 Å². The van der Waals surface area contributed by atoms with Crippen LogP contribution in [0.5, 0.6) is 0 Å². The summed E-state index contributed by atoms with van der Waals surface area (Å²) in [4.78, 5) is 26.9. The fraction of sp³-hybridized carbons (Fsp3) is 0.538. The largest absolute Gasteiger partial charge is 0.355 e. The number of amides is 2. The maximum Gasteiger partial charge on any atom is 0.237 e. The molecule has 2 aliphatic rings. The molecule has 0 saturated carbocycles. The van der Waals surface area contributed by atoms with Crippen LogP contribution in [-0.2, 0) is 22.6 Å². The predicted octanol–water partition coefficient (Wildman–Crippen LogP) is 3.56. The van der Waals surface area contributed by atoms with Crippen molar-refractivity contribution in [3.8, 4) is 0 Å². The molecule has 32 heavy (non-hydrogen) atoms. The minimum absolute atomic E-state index is 0.0453. The second kappa shape index (κ2) is 9.90. The van der Waals surface area contributed by atoms with Gasteiger partial charge in [0.05, 0.1) is 6.04 Å². The monoisotopic (exact) mass is 436 g/mol. The van der Waals surface area contributed by atoms with E-state index in [0.717, 1.165) is 38.9 Å². The van der Waals surface area contributed by atoms with Gasteiger partial charge >= 0.3 is 0 Å². The summed E-state index contributed by atoms with van der Waals surface area (Å²) in [7, 11) is 0. The lowest BCUT2D eigenvalue weighted by molar-refractivity contribution is -0.127. The van der Waals surface area contributed by atoms with E-state index >= 15 is 0 Å². The molecule has 0 unspecified atom stereocenters. The number of nitrogens with zero attached hydrogens (tertiary/aromatic N) is 2. The smallest absolute Gasteiger partial charge is 0.237 e. The van der Waals surface area contributed by atoms with E-state index in [9.17, 15) is 9.59 Å². The first-order valence-corrected chi connectivity index (χ1v) is 12.0. The minimum atomic E-state index is -0.276. The van der Waals surface area contributed by atoms with Crippen molar-refractivity contribution < 1.29 is 9.59 Å². The van der Waals surface area contributed by atoms with E-state index in [-0.39, 0.29) is 23.9 Å². The predicted molar refractivity (Wildman–Crippen MR) is 128 cm³/mol. The molecule has 2 aromatic rings. The lowest BCUT2D eigenvalue weighted by atomic mass is 9.94. The number of carbonyl (C=O) groups is 2. The van der Waals surface area contributed by atoms with Crippen LogP contribution in [0.3, 0.4) is 0 Å². The van der Waals surface area contributed by atoms with Gasteiger partial charge in [0.15, 0.2) is 0 Å². The molecular weight excluding hydrogens is 400 g/mol. The summed E-state index contributed by atoms with van der Waals surface area (Å²) in [5, 5.41) is 8.08. The Bertz CT molecular complexity index is 993. The molecule has 6 nitrogen and oxygen atoms in total. The maximum atomic E-state index is 13.2. The van der Waals surface area contributed by atoms with Gasteiger partial charge in [-0.25, -0.2) is 0 Å². The van der Waals surface area contributed by atoms with E-state index in [2.05, 4.69) is 60.0 Å². The number of aromatic nitrogens is 1. The van der Waals surface area contributed by atoms with E-state index in [1.54, 1.807) is 0 Å². The van der Waals surface area contributed by atoms with Gasteiger partial charge in [0.2, 0.25) is 11.8 Å². The van der Waals surface area contributed by atoms with Crippen LogP contribution in [0.15, 0.2) is 37.1 Å². The highest BCUT2D eigenvalue weighted by Crippen LogP contribution is 2.35. The summed E-state index contributed by atoms with van der Waals surface area (Å²) in [6.45, 7) is 11.3. The zero-order valence-corrected chi connectivity index (χ0v) is 19.4. The van der Waals surface area contributed by atoms with E-state index < -0.39 is 0 Å². The molecular formula is C26H36N4O2. The zero-order chi connectivity index (χ0) is 22.7. The van der Waals surface area contributed by atoms with Crippen LogP contribution in [0, 0.1) is 5.92 Å². The standard InChI is InChI=1S/C26H36N4O2/c1-4-12-30-17-19-16-22(26(32)27-11-7-14-29-13-6-10-24(29)31)28-21(15-18(2)3)20-8-5-9-23(30)25(19)20/h4-5,8-9,17-18,21-22,28H,1,6-7,10-16H2,2-3H3,(H,27,32)/t21-,22-/m0/s1. The second-order valence-electron chi connectivity index (χ2n) is 9.57. The molecule has 2 aliphatic heterocycles. The molecule has 6 heteroatoms. The molecule has 1 aromatic carbocycles. The van der Waals surface area contributed by atoms with Crippen molar-refractivity contribution in [2.75, 3.05) is 19.6 Å². The number of nitrogens with one attached hydrogen (secondary N) is 2. The van der Waals surface area contributed by atoms with Gasteiger partial charge in [0, 0.05) is 55.7 Å². The maximum absolute atomic E-state index is 13.2. The Morgan fingerprint density at radius 2 is 2.22 bits per heavy atom. The van der Waals surface area contributed by atoms with Crippen LogP contribution < -0.4 is 10.6 Å². The van der Waals surface area contributed by atoms with Crippen molar-refractivity contribution in [2.45, 2.75) is 64.6 Å². The number of hydrogen-bond acceptors (Lipinski definition) is 3. The minimum Gasteiger partial charge on any atom is -0.355 e. The highest BCUT2D eigenvalue weighted by molar-refractivity contribution is 5.90. The van der Waals surface area contributed by atoms with Gasteiger partial charge in [-0.15, -0.1) is 6.58 Å². The van der Waals surface area contributed by atoms with Crippen molar-refractivity contribution in [2.24, 2.45) is 5.92 Å². The Morgan fingerprint density at radius 3 is 2.94 bits per heavy atom. The molecule has 172 valence electrons. The molecule has 2 amide bonds. The van der Waals surface area contributed by atoms with Crippen molar-refractivity contribution >= 4 is 22.7 Å². The van der Waals surface area contributed by atoms with Gasteiger partial charge in [-0.3, -0.25) is 14.9 Å². The van der Waals surface area contributed by atoms with Gasteiger partial charge in [-0.05, 0) is 48.8 Å². The molecule has 2 N–H and O–H groups in total. The van der Waals surface area contributed by atoms with E-state index in [0.29, 0.717) is 25.3 Å². The molecule has 1 saturated heterocycles. The fourth-order valence-corrected chi connectivity index (χ4v) is 5.20. The lowest BCUT2D eigenvalue weighted by Crippen LogP contribution is -2.47. The van der Waals surface area contributed by atoms with Gasteiger partial charge in [-0.2, -0.15) is 0 Å². The molecule has 2 atom stereocenters. The van der Waals surface area contributed by atoms with E-state index in [1.807, 2.05) is 11.0 Å². The lowest BCUT2D eigenvalue weighted by Gasteiger charge is -2.25. The van der Waals surface area contributed by atoms with Crippen LogP contribution in [0.4, 0.5) is 0 Å². The van der Waals surface area contributed by atoms with Crippen LogP contribution in [0.2, 0.25) is 0 Å². The number of carbonyl (C=O) groups excluding carboxylic acids is 2. The average molecular weight is 437 g/mol. The molecule has 3 heterocycles. The number of rotatable bonds is 9. The Kier molecular flexibility index (Phi) is 6.99. The van der Waals surface area contributed by atoms with Gasteiger partial charge in [-0.1, -0.05) is 32.1 Å².